The summed E-state index contributed by atoms with van der Waals surface area (Å²) >= 11 is 0. The molecular formula is C13H12F3N3O2. The highest BCUT2D eigenvalue weighted by atomic mass is 19.4. The minimum Gasteiger partial charge on any atom is -0.493 e. The molecular weight excluding hydrogens is 287 g/mol. The number of methoxy groups -OCH3 is 2. The van der Waals surface area contributed by atoms with Gasteiger partial charge in [0.15, 0.2) is 11.5 Å². The number of benzene rings is 1. The van der Waals surface area contributed by atoms with Crippen LogP contribution < -0.4 is 9.47 Å². The highest BCUT2D eigenvalue weighted by Gasteiger charge is 2.37. The second-order valence-corrected chi connectivity index (χ2v) is 4.19. The molecule has 2 rings (SSSR count). The zero-order chi connectivity index (χ0) is 15.6. The van der Waals surface area contributed by atoms with Gasteiger partial charge in [-0.15, -0.1) is 0 Å². The SMILES string of the molecule is COc1cc2nc(C(F)(F)F)n(CCC#N)c2cc1OC. The molecule has 0 amide bonds. The quantitative estimate of drug-likeness (QED) is 0.870. The number of aryl methyl sites for hydroxylation is 1. The summed E-state index contributed by atoms with van der Waals surface area (Å²) in [5.74, 6) is -0.441. The van der Waals surface area contributed by atoms with Crippen molar-refractivity contribution in [2.24, 2.45) is 0 Å². The van der Waals surface area contributed by atoms with E-state index in [1.54, 1.807) is 0 Å². The molecule has 8 heteroatoms. The minimum atomic E-state index is -4.60. The Balaban J connectivity index is 2.71. The van der Waals surface area contributed by atoms with Crippen molar-refractivity contribution in [1.82, 2.24) is 9.55 Å². The van der Waals surface area contributed by atoms with E-state index in [1.165, 1.54) is 26.4 Å². The number of nitrogens with zero attached hydrogens (tertiary/aromatic N) is 3. The molecule has 0 unspecified atom stereocenters. The van der Waals surface area contributed by atoms with E-state index in [0.717, 1.165) is 4.57 Å². The third-order valence-corrected chi connectivity index (χ3v) is 2.95. The summed E-state index contributed by atoms with van der Waals surface area (Å²) in [6.45, 7) is -0.0999. The molecule has 0 bridgehead atoms. The van der Waals surface area contributed by atoms with Crippen molar-refractivity contribution in [2.75, 3.05) is 14.2 Å². The average Bonchev–Trinajstić information content (AvgIpc) is 2.81. The first-order valence-electron chi connectivity index (χ1n) is 5.98. The Labute approximate surface area is 118 Å². The Kier molecular flexibility index (Phi) is 3.93. The molecule has 0 aliphatic carbocycles. The monoisotopic (exact) mass is 299 g/mol. The highest BCUT2D eigenvalue weighted by molar-refractivity contribution is 5.80. The summed E-state index contributed by atoms with van der Waals surface area (Å²) in [6, 6.07) is 4.63. The standard InChI is InChI=1S/C13H12F3N3O2/c1-20-10-6-8-9(7-11(10)21-2)19(5-3-4-17)12(18-8)13(14,15)16/h6-7H,3,5H2,1-2H3. The normalized spacial score (nSPS) is 11.4. The Hall–Kier alpha value is -2.43. The van der Waals surface area contributed by atoms with Crippen molar-refractivity contribution in [2.45, 2.75) is 19.1 Å². The van der Waals surface area contributed by atoms with E-state index in [1.807, 2.05) is 6.07 Å². The van der Waals surface area contributed by atoms with Gasteiger partial charge < -0.3 is 14.0 Å². The zero-order valence-corrected chi connectivity index (χ0v) is 11.4. The lowest BCUT2D eigenvalue weighted by atomic mass is 10.2. The van der Waals surface area contributed by atoms with Crippen LogP contribution in [-0.4, -0.2) is 23.8 Å². The summed E-state index contributed by atoms with van der Waals surface area (Å²) in [6.07, 6.45) is -4.65. The molecule has 0 radical (unpaired) electrons. The molecule has 0 aliphatic heterocycles. The molecule has 0 saturated heterocycles. The number of halogens is 3. The lowest BCUT2D eigenvalue weighted by Crippen LogP contribution is -2.15. The maximum Gasteiger partial charge on any atom is 0.449 e. The molecule has 0 N–H and O–H groups in total. The van der Waals surface area contributed by atoms with Crippen LogP contribution in [0.2, 0.25) is 0 Å². The number of rotatable bonds is 4. The van der Waals surface area contributed by atoms with Gasteiger partial charge in [0.1, 0.15) is 0 Å². The van der Waals surface area contributed by atoms with Crippen LogP contribution in [0.3, 0.4) is 0 Å². The lowest BCUT2D eigenvalue weighted by Gasteiger charge is -2.10. The highest BCUT2D eigenvalue weighted by Crippen LogP contribution is 2.36. The van der Waals surface area contributed by atoms with Crippen LogP contribution in [0.5, 0.6) is 11.5 Å². The third kappa shape index (κ3) is 2.72. The summed E-state index contributed by atoms with van der Waals surface area (Å²) in [5, 5.41) is 8.60. The number of hydrogen-bond donors (Lipinski definition) is 0. The maximum absolute atomic E-state index is 13.1. The van der Waals surface area contributed by atoms with Crippen molar-refractivity contribution in [3.05, 3.63) is 18.0 Å². The Morgan fingerprint density at radius 3 is 2.38 bits per heavy atom. The maximum atomic E-state index is 13.1. The van der Waals surface area contributed by atoms with E-state index in [4.69, 9.17) is 14.7 Å². The molecule has 0 saturated carbocycles. The second-order valence-electron chi connectivity index (χ2n) is 4.19. The first-order valence-corrected chi connectivity index (χ1v) is 5.98. The van der Waals surface area contributed by atoms with Crippen LogP contribution in [-0.2, 0) is 12.7 Å². The molecule has 1 aromatic carbocycles. The summed E-state index contributed by atoms with van der Waals surface area (Å²) in [5.41, 5.74) is 0.383. The first kappa shape index (κ1) is 15.0. The summed E-state index contributed by atoms with van der Waals surface area (Å²) < 4.78 is 50.3. The molecule has 112 valence electrons. The molecule has 5 nitrogen and oxygen atoms in total. The third-order valence-electron chi connectivity index (χ3n) is 2.95. The van der Waals surface area contributed by atoms with Gasteiger partial charge in [-0.05, 0) is 0 Å². The molecule has 0 fully saturated rings. The largest absolute Gasteiger partial charge is 0.493 e. The number of ether oxygens (including phenoxy) is 2. The van der Waals surface area contributed by atoms with Gasteiger partial charge >= 0.3 is 6.18 Å². The van der Waals surface area contributed by atoms with E-state index < -0.39 is 12.0 Å². The van der Waals surface area contributed by atoms with Gasteiger partial charge in [0.05, 0.1) is 37.7 Å². The lowest BCUT2D eigenvalue weighted by molar-refractivity contribution is -0.146. The second kappa shape index (κ2) is 5.52. The van der Waals surface area contributed by atoms with Crippen LogP contribution in [0.15, 0.2) is 12.1 Å². The van der Waals surface area contributed by atoms with Gasteiger partial charge in [-0.2, -0.15) is 18.4 Å². The van der Waals surface area contributed by atoms with Crippen molar-refractivity contribution in [3.8, 4) is 17.6 Å². The molecule has 0 atom stereocenters. The van der Waals surface area contributed by atoms with Gasteiger partial charge in [-0.1, -0.05) is 0 Å². The van der Waals surface area contributed by atoms with Gasteiger partial charge in [-0.25, -0.2) is 4.98 Å². The molecule has 21 heavy (non-hydrogen) atoms. The van der Waals surface area contributed by atoms with Crippen LogP contribution in [0.4, 0.5) is 13.2 Å². The van der Waals surface area contributed by atoms with E-state index in [9.17, 15) is 13.2 Å². The fraction of sp³-hybridized carbons (Fsp3) is 0.385. The number of hydrogen-bond acceptors (Lipinski definition) is 4. The minimum absolute atomic E-state index is 0.0527. The van der Waals surface area contributed by atoms with E-state index in [2.05, 4.69) is 4.98 Å². The van der Waals surface area contributed by atoms with Crippen LogP contribution >= 0.6 is 0 Å². The van der Waals surface area contributed by atoms with E-state index in [-0.39, 0.29) is 24.0 Å². The van der Waals surface area contributed by atoms with E-state index in [0.29, 0.717) is 11.5 Å². The van der Waals surface area contributed by atoms with Gasteiger partial charge in [0.2, 0.25) is 5.82 Å². The van der Waals surface area contributed by atoms with Gasteiger partial charge in [0.25, 0.3) is 0 Å². The predicted molar refractivity (Wildman–Crippen MR) is 68.1 cm³/mol. The molecule has 0 spiro atoms. The van der Waals surface area contributed by atoms with Crippen molar-refractivity contribution < 1.29 is 22.6 Å². The molecule has 1 aromatic heterocycles. The first-order chi connectivity index (χ1) is 9.92. The van der Waals surface area contributed by atoms with Crippen LogP contribution in [0.1, 0.15) is 12.2 Å². The molecule has 0 aliphatic rings. The Morgan fingerprint density at radius 1 is 1.24 bits per heavy atom. The van der Waals surface area contributed by atoms with Gasteiger partial charge in [-0.3, -0.25) is 0 Å². The average molecular weight is 299 g/mol. The van der Waals surface area contributed by atoms with Crippen LogP contribution in [0, 0.1) is 11.3 Å². The van der Waals surface area contributed by atoms with Crippen molar-refractivity contribution in [1.29, 1.82) is 5.26 Å². The fourth-order valence-corrected chi connectivity index (χ4v) is 2.06. The number of fused-ring (bicyclic) bond motifs is 1. The predicted octanol–water partition coefficient (Wildman–Crippen LogP) is 2.99. The Morgan fingerprint density at radius 2 is 1.86 bits per heavy atom. The van der Waals surface area contributed by atoms with Crippen molar-refractivity contribution in [3.63, 3.8) is 0 Å². The van der Waals surface area contributed by atoms with Crippen molar-refractivity contribution >= 4 is 11.0 Å². The smallest absolute Gasteiger partial charge is 0.449 e. The topological polar surface area (TPSA) is 60.1 Å². The van der Waals surface area contributed by atoms with E-state index >= 15 is 0 Å². The fourth-order valence-electron chi connectivity index (χ4n) is 2.06. The van der Waals surface area contributed by atoms with Crippen LogP contribution in [0.25, 0.3) is 11.0 Å². The number of nitriles is 1. The number of imidazole rings is 1. The number of aromatic nitrogens is 2. The summed E-state index contributed by atoms with van der Waals surface area (Å²) in [7, 11) is 2.78. The summed E-state index contributed by atoms with van der Waals surface area (Å²) in [4.78, 5) is 3.61. The molecule has 1 heterocycles. The molecule has 2 aromatic rings. The number of alkyl halides is 3. The Bertz CT molecular complexity index is 701. The van der Waals surface area contributed by atoms with Gasteiger partial charge in [0, 0.05) is 18.7 Å². The zero-order valence-electron chi connectivity index (χ0n) is 11.4.